The second-order valence-corrected chi connectivity index (χ2v) is 7.00. The van der Waals surface area contributed by atoms with E-state index in [2.05, 4.69) is 15.4 Å². The lowest BCUT2D eigenvalue weighted by Crippen LogP contribution is -2.15. The van der Waals surface area contributed by atoms with Crippen molar-refractivity contribution in [1.29, 1.82) is 0 Å². The first-order valence-corrected chi connectivity index (χ1v) is 10.1. The second-order valence-electron chi connectivity index (χ2n) is 7.00. The Morgan fingerprint density at radius 2 is 1.74 bits per heavy atom. The Balaban J connectivity index is 0.00000108. The third-order valence-electron chi connectivity index (χ3n) is 4.93. The summed E-state index contributed by atoms with van der Waals surface area (Å²) in [6.45, 7) is 1.66. The molecular weight excluding hydrogens is 467 g/mol. The van der Waals surface area contributed by atoms with Gasteiger partial charge in [0.1, 0.15) is 5.69 Å². The molecule has 0 aliphatic carbocycles. The van der Waals surface area contributed by atoms with Gasteiger partial charge in [-0.05, 0) is 42.8 Å². The van der Waals surface area contributed by atoms with E-state index >= 15 is 0 Å². The first-order valence-electron chi connectivity index (χ1n) is 10.1. The van der Waals surface area contributed by atoms with E-state index in [1.54, 1.807) is 49.5 Å². The lowest BCUT2D eigenvalue weighted by Gasteiger charge is -2.12. The number of ether oxygens (including phenoxy) is 1. The quantitative estimate of drug-likeness (QED) is 0.395. The topological polar surface area (TPSA) is 109 Å². The molecule has 2 aromatic carbocycles. The smallest absolute Gasteiger partial charge is 0.433 e. The second kappa shape index (κ2) is 10.6. The molecule has 0 atom stereocenters. The maximum atomic E-state index is 13.5. The Bertz CT molecular complexity index is 1350. The van der Waals surface area contributed by atoms with Gasteiger partial charge in [0, 0.05) is 11.1 Å². The Hall–Kier alpha value is -4.57. The fourth-order valence-corrected chi connectivity index (χ4v) is 3.33. The highest BCUT2D eigenvalue weighted by molar-refractivity contribution is 5.90. The number of methoxy groups -OCH3 is 1. The van der Waals surface area contributed by atoms with Crippen LogP contribution in [0, 0.1) is 0 Å². The van der Waals surface area contributed by atoms with E-state index in [1.165, 1.54) is 30.1 Å². The third kappa shape index (κ3) is 5.50. The van der Waals surface area contributed by atoms with Gasteiger partial charge in [-0.15, -0.1) is 5.10 Å². The van der Waals surface area contributed by atoms with Crippen LogP contribution in [-0.4, -0.2) is 44.0 Å². The molecular formula is C23H18F3N5O4. The van der Waals surface area contributed by atoms with Gasteiger partial charge in [0.05, 0.1) is 36.4 Å². The Morgan fingerprint density at radius 1 is 1.09 bits per heavy atom. The minimum atomic E-state index is -4.51. The number of rotatable bonds is 5. The predicted molar refractivity (Wildman–Crippen MR) is 115 cm³/mol. The molecule has 180 valence electrons. The van der Waals surface area contributed by atoms with Crippen molar-refractivity contribution < 1.29 is 32.3 Å². The molecule has 4 rings (SSSR count). The van der Waals surface area contributed by atoms with E-state index in [0.29, 0.717) is 22.5 Å². The van der Waals surface area contributed by atoms with Crippen LogP contribution in [-0.2, 0) is 26.9 Å². The molecule has 4 aromatic rings. The summed E-state index contributed by atoms with van der Waals surface area (Å²) in [6, 6.07) is 13.1. The fourth-order valence-electron chi connectivity index (χ4n) is 3.33. The normalized spacial score (nSPS) is 10.8. The highest BCUT2D eigenvalue weighted by atomic mass is 19.4. The summed E-state index contributed by atoms with van der Waals surface area (Å²) in [5, 5.41) is 12.1. The van der Waals surface area contributed by atoms with E-state index in [0.717, 1.165) is 4.68 Å². The number of carbonyl (C=O) groups is 1. The van der Waals surface area contributed by atoms with Crippen LogP contribution >= 0.6 is 0 Å². The van der Waals surface area contributed by atoms with Crippen LogP contribution in [0.3, 0.4) is 0 Å². The summed E-state index contributed by atoms with van der Waals surface area (Å²) in [5.41, 5.74) is 1.83. The lowest BCUT2D eigenvalue weighted by molar-refractivity contribution is -0.191. The molecule has 0 spiro atoms. The number of nitrogens with zero attached hydrogens (tertiary/aromatic N) is 5. The van der Waals surface area contributed by atoms with E-state index < -0.39 is 17.8 Å². The van der Waals surface area contributed by atoms with Gasteiger partial charge in [0.15, 0.2) is 5.69 Å². The standard InChI is InChI=1S/C22H18F3N5O2.CO2/c1-3-14-12-26-30(20(14)22(23,24)25)18-9-7-17(8-10-18)29-13-19(27-28-29)15-5-4-6-16(11-15)21(31)32-2;2-1-3/h4-13H,3H2,1-2H3;. The average molecular weight is 485 g/mol. The van der Waals surface area contributed by atoms with E-state index in [4.69, 9.17) is 14.3 Å². The highest BCUT2D eigenvalue weighted by Gasteiger charge is 2.38. The zero-order valence-corrected chi connectivity index (χ0v) is 18.5. The third-order valence-corrected chi connectivity index (χ3v) is 4.93. The molecule has 0 unspecified atom stereocenters. The van der Waals surface area contributed by atoms with Crippen LogP contribution in [0.4, 0.5) is 13.2 Å². The van der Waals surface area contributed by atoms with Crippen molar-refractivity contribution in [3.05, 3.63) is 77.7 Å². The van der Waals surface area contributed by atoms with Crippen LogP contribution in [0.1, 0.15) is 28.5 Å². The predicted octanol–water partition coefficient (Wildman–Crippen LogP) is 3.90. The van der Waals surface area contributed by atoms with Gasteiger partial charge in [-0.2, -0.15) is 27.9 Å². The van der Waals surface area contributed by atoms with Crippen molar-refractivity contribution in [2.75, 3.05) is 7.11 Å². The molecule has 0 aliphatic rings. The molecule has 2 aromatic heterocycles. The van der Waals surface area contributed by atoms with Crippen LogP contribution in [0.2, 0.25) is 0 Å². The molecule has 0 aliphatic heterocycles. The first kappa shape index (κ1) is 25.1. The van der Waals surface area contributed by atoms with Gasteiger partial charge in [0.2, 0.25) is 0 Å². The molecule has 0 amide bonds. The summed E-state index contributed by atoms with van der Waals surface area (Å²) in [4.78, 5) is 28.0. The minimum absolute atomic E-state index is 0.136. The first-order chi connectivity index (χ1) is 16.7. The summed E-state index contributed by atoms with van der Waals surface area (Å²) in [6.07, 6.45) is -1.13. The summed E-state index contributed by atoms with van der Waals surface area (Å²) in [5.74, 6) is -0.460. The maximum Gasteiger partial charge on any atom is 0.433 e. The van der Waals surface area contributed by atoms with Crippen LogP contribution in [0.5, 0.6) is 0 Å². The Labute approximate surface area is 196 Å². The Kier molecular flexibility index (Phi) is 7.57. The zero-order chi connectivity index (χ0) is 25.6. The molecule has 0 saturated heterocycles. The molecule has 2 heterocycles. The highest BCUT2D eigenvalue weighted by Crippen LogP contribution is 2.34. The number of alkyl halides is 3. The van der Waals surface area contributed by atoms with Crippen molar-refractivity contribution in [3.8, 4) is 22.6 Å². The van der Waals surface area contributed by atoms with Crippen molar-refractivity contribution in [3.63, 3.8) is 0 Å². The van der Waals surface area contributed by atoms with Crippen molar-refractivity contribution in [2.45, 2.75) is 19.5 Å². The number of halogens is 3. The van der Waals surface area contributed by atoms with Crippen LogP contribution in [0.15, 0.2) is 60.9 Å². The van der Waals surface area contributed by atoms with Gasteiger partial charge >= 0.3 is 18.3 Å². The molecule has 0 fully saturated rings. The lowest BCUT2D eigenvalue weighted by atomic mass is 10.1. The maximum absolute atomic E-state index is 13.5. The van der Waals surface area contributed by atoms with Crippen LogP contribution < -0.4 is 0 Å². The molecule has 0 bridgehead atoms. The molecule has 0 N–H and O–H groups in total. The SMILES string of the molecule is CCc1cnn(-c2ccc(-n3cc(-c4cccc(C(=O)OC)c4)nn3)cc2)c1C(F)(F)F.O=C=O. The van der Waals surface area contributed by atoms with Gasteiger partial charge in [-0.3, -0.25) is 0 Å². The molecule has 12 heteroatoms. The number of aryl methyl sites for hydroxylation is 1. The van der Waals surface area contributed by atoms with Gasteiger partial charge in [-0.1, -0.05) is 24.3 Å². The number of benzene rings is 2. The van der Waals surface area contributed by atoms with Crippen LogP contribution in [0.25, 0.3) is 22.6 Å². The fraction of sp³-hybridized carbons (Fsp3) is 0.174. The number of carbonyl (C=O) groups excluding carboxylic acids is 3. The van der Waals surface area contributed by atoms with E-state index in [1.807, 2.05) is 0 Å². The Morgan fingerprint density at radius 3 is 2.34 bits per heavy atom. The molecule has 35 heavy (non-hydrogen) atoms. The number of hydrogen-bond acceptors (Lipinski definition) is 7. The molecule has 0 radical (unpaired) electrons. The van der Waals surface area contributed by atoms with Gasteiger partial charge < -0.3 is 4.74 Å². The van der Waals surface area contributed by atoms with E-state index in [9.17, 15) is 18.0 Å². The average Bonchev–Trinajstić information content (AvgIpc) is 3.52. The van der Waals surface area contributed by atoms with Gasteiger partial charge in [0.25, 0.3) is 0 Å². The summed E-state index contributed by atoms with van der Waals surface area (Å²) >= 11 is 0. The van der Waals surface area contributed by atoms with Crippen molar-refractivity contribution in [2.24, 2.45) is 0 Å². The number of esters is 1. The molecule has 0 saturated carbocycles. The molecule has 9 nitrogen and oxygen atoms in total. The zero-order valence-electron chi connectivity index (χ0n) is 18.5. The summed E-state index contributed by atoms with van der Waals surface area (Å²) < 4.78 is 47.7. The van der Waals surface area contributed by atoms with Crippen molar-refractivity contribution >= 4 is 12.1 Å². The largest absolute Gasteiger partial charge is 0.465 e. The van der Waals surface area contributed by atoms with E-state index in [-0.39, 0.29) is 23.8 Å². The minimum Gasteiger partial charge on any atom is -0.465 e. The van der Waals surface area contributed by atoms with Gasteiger partial charge in [-0.25, -0.2) is 14.2 Å². The van der Waals surface area contributed by atoms with Crippen molar-refractivity contribution in [1.82, 2.24) is 24.8 Å². The summed E-state index contributed by atoms with van der Waals surface area (Å²) in [7, 11) is 1.30. The number of aromatic nitrogens is 5. The monoisotopic (exact) mass is 485 g/mol. The number of hydrogen-bond donors (Lipinski definition) is 0.